The number of likely N-dealkylation sites (tertiary alicyclic amines) is 1. The molecule has 1 unspecified atom stereocenters. The predicted octanol–water partition coefficient (Wildman–Crippen LogP) is 1.11. The molecule has 1 saturated heterocycles. The zero-order valence-electron chi connectivity index (χ0n) is 11.4. The maximum Gasteiger partial charge on any atom is 0.317 e. The van der Waals surface area contributed by atoms with E-state index >= 15 is 0 Å². The summed E-state index contributed by atoms with van der Waals surface area (Å²) in [4.78, 5) is 17.9. The Hall–Kier alpha value is -1.15. The molecule has 0 saturated carbocycles. The first-order chi connectivity index (χ1) is 9.44. The van der Waals surface area contributed by atoms with Crippen molar-refractivity contribution in [2.45, 2.75) is 19.4 Å². The SMILES string of the molecule is CS(=O)(=O)CC1CCCN(C(=O)NCc2nccs2)C1. The molecule has 0 bridgehead atoms. The number of aromatic nitrogens is 1. The fraction of sp³-hybridized carbons (Fsp3) is 0.667. The van der Waals surface area contributed by atoms with Gasteiger partial charge in [-0.1, -0.05) is 0 Å². The van der Waals surface area contributed by atoms with Gasteiger partial charge < -0.3 is 10.2 Å². The second kappa shape index (κ2) is 6.53. The summed E-state index contributed by atoms with van der Waals surface area (Å²) in [6.07, 6.45) is 4.66. The molecule has 0 aromatic carbocycles. The standard InChI is InChI=1S/C12H19N3O3S2/c1-20(17,18)9-10-3-2-5-15(8-10)12(16)14-7-11-13-4-6-19-11/h4,6,10H,2-3,5,7-9H2,1H3,(H,14,16). The molecular formula is C12H19N3O3S2. The molecule has 1 aliphatic rings. The van der Waals surface area contributed by atoms with Crippen LogP contribution in [0.2, 0.25) is 0 Å². The average Bonchev–Trinajstić information content (AvgIpc) is 2.87. The molecule has 2 heterocycles. The normalized spacial score (nSPS) is 19.9. The van der Waals surface area contributed by atoms with Crippen molar-refractivity contribution < 1.29 is 13.2 Å². The van der Waals surface area contributed by atoms with E-state index in [1.165, 1.54) is 17.6 Å². The van der Waals surface area contributed by atoms with E-state index in [9.17, 15) is 13.2 Å². The van der Waals surface area contributed by atoms with Gasteiger partial charge in [-0.2, -0.15) is 0 Å². The molecule has 1 N–H and O–H groups in total. The van der Waals surface area contributed by atoms with Crippen LogP contribution in [0.4, 0.5) is 4.79 Å². The number of amides is 2. The molecule has 1 aromatic heterocycles. The minimum Gasteiger partial charge on any atom is -0.331 e. The summed E-state index contributed by atoms with van der Waals surface area (Å²) in [6.45, 7) is 1.62. The van der Waals surface area contributed by atoms with Crippen LogP contribution >= 0.6 is 11.3 Å². The number of nitrogens with one attached hydrogen (secondary N) is 1. The molecule has 8 heteroatoms. The zero-order valence-corrected chi connectivity index (χ0v) is 13.0. The molecule has 1 atom stereocenters. The number of carbonyl (C=O) groups excluding carboxylic acids is 1. The lowest BCUT2D eigenvalue weighted by Crippen LogP contribution is -2.46. The third-order valence-corrected chi connectivity index (χ3v) is 5.08. The second-order valence-corrected chi connectivity index (χ2v) is 8.30. The van der Waals surface area contributed by atoms with Crippen LogP contribution in [0.3, 0.4) is 0 Å². The molecule has 1 aromatic rings. The maximum absolute atomic E-state index is 12.0. The van der Waals surface area contributed by atoms with E-state index < -0.39 is 9.84 Å². The van der Waals surface area contributed by atoms with Gasteiger partial charge in [-0.3, -0.25) is 0 Å². The number of hydrogen-bond donors (Lipinski definition) is 1. The summed E-state index contributed by atoms with van der Waals surface area (Å²) in [5, 5.41) is 5.55. The molecule has 6 nitrogen and oxygen atoms in total. The van der Waals surface area contributed by atoms with Crippen LogP contribution in [0, 0.1) is 5.92 Å². The Morgan fingerprint density at radius 2 is 2.40 bits per heavy atom. The van der Waals surface area contributed by atoms with E-state index in [1.807, 2.05) is 5.38 Å². The summed E-state index contributed by atoms with van der Waals surface area (Å²) in [7, 11) is -2.99. The summed E-state index contributed by atoms with van der Waals surface area (Å²) in [6, 6.07) is -0.140. The number of rotatable bonds is 4. The summed E-state index contributed by atoms with van der Waals surface area (Å²) >= 11 is 1.50. The Balaban J connectivity index is 1.83. The van der Waals surface area contributed by atoms with E-state index in [2.05, 4.69) is 10.3 Å². The van der Waals surface area contributed by atoms with Crippen LogP contribution in [0.25, 0.3) is 0 Å². The fourth-order valence-electron chi connectivity index (χ4n) is 2.42. The maximum atomic E-state index is 12.0. The van der Waals surface area contributed by atoms with Crippen molar-refractivity contribution in [2.24, 2.45) is 5.92 Å². The van der Waals surface area contributed by atoms with Gasteiger partial charge >= 0.3 is 6.03 Å². The molecular weight excluding hydrogens is 298 g/mol. The first kappa shape index (κ1) is 15.2. The lowest BCUT2D eigenvalue weighted by molar-refractivity contribution is 0.170. The Labute approximate surface area is 123 Å². The van der Waals surface area contributed by atoms with Gasteiger partial charge in [-0.05, 0) is 18.8 Å². The molecule has 20 heavy (non-hydrogen) atoms. The highest BCUT2D eigenvalue weighted by Crippen LogP contribution is 2.18. The molecule has 2 amide bonds. The third kappa shape index (κ3) is 4.75. The second-order valence-electron chi connectivity index (χ2n) is 5.13. The van der Waals surface area contributed by atoms with Crippen LogP contribution in [0.1, 0.15) is 17.8 Å². The number of sulfone groups is 1. The number of hydrogen-bond acceptors (Lipinski definition) is 5. The number of thiazole rings is 1. The summed E-state index contributed by atoms with van der Waals surface area (Å²) in [5.74, 6) is 0.202. The fourth-order valence-corrected chi connectivity index (χ4v) is 4.10. The quantitative estimate of drug-likeness (QED) is 0.902. The third-order valence-electron chi connectivity index (χ3n) is 3.22. The first-order valence-electron chi connectivity index (χ1n) is 6.53. The summed E-state index contributed by atoms with van der Waals surface area (Å²) < 4.78 is 22.7. The largest absolute Gasteiger partial charge is 0.331 e. The highest BCUT2D eigenvalue weighted by atomic mass is 32.2. The Morgan fingerprint density at radius 1 is 1.60 bits per heavy atom. The van der Waals surface area contributed by atoms with Crippen molar-refractivity contribution in [2.75, 3.05) is 25.1 Å². The predicted molar refractivity (Wildman–Crippen MR) is 78.4 cm³/mol. The highest BCUT2D eigenvalue weighted by Gasteiger charge is 2.25. The van der Waals surface area contributed by atoms with Crippen molar-refractivity contribution in [1.82, 2.24) is 15.2 Å². The van der Waals surface area contributed by atoms with Crippen LogP contribution in [-0.4, -0.2) is 49.4 Å². The van der Waals surface area contributed by atoms with E-state index in [1.54, 1.807) is 11.1 Å². The smallest absolute Gasteiger partial charge is 0.317 e. The molecule has 0 aliphatic carbocycles. The van der Waals surface area contributed by atoms with Crippen LogP contribution in [-0.2, 0) is 16.4 Å². The van der Waals surface area contributed by atoms with Gasteiger partial charge in [0.25, 0.3) is 0 Å². The number of piperidine rings is 1. The highest BCUT2D eigenvalue weighted by molar-refractivity contribution is 7.90. The molecule has 0 radical (unpaired) electrons. The van der Waals surface area contributed by atoms with E-state index in [4.69, 9.17) is 0 Å². The lowest BCUT2D eigenvalue weighted by atomic mass is 10.0. The lowest BCUT2D eigenvalue weighted by Gasteiger charge is -2.32. The van der Waals surface area contributed by atoms with E-state index in [0.717, 1.165) is 17.8 Å². The Bertz CT molecular complexity index is 542. The van der Waals surface area contributed by atoms with Crippen molar-refractivity contribution in [3.8, 4) is 0 Å². The van der Waals surface area contributed by atoms with E-state index in [-0.39, 0.29) is 17.7 Å². The van der Waals surface area contributed by atoms with Gasteiger partial charge in [0.1, 0.15) is 14.8 Å². The van der Waals surface area contributed by atoms with Gasteiger partial charge in [0.05, 0.1) is 12.3 Å². The van der Waals surface area contributed by atoms with Gasteiger partial charge in [-0.15, -0.1) is 11.3 Å². The number of urea groups is 1. The monoisotopic (exact) mass is 317 g/mol. The van der Waals surface area contributed by atoms with E-state index in [0.29, 0.717) is 19.6 Å². The average molecular weight is 317 g/mol. The molecule has 1 fully saturated rings. The van der Waals surface area contributed by atoms with Crippen molar-refractivity contribution in [3.05, 3.63) is 16.6 Å². The first-order valence-corrected chi connectivity index (χ1v) is 9.47. The van der Waals surface area contributed by atoms with Gasteiger partial charge in [0, 0.05) is 30.9 Å². The zero-order chi connectivity index (χ0) is 14.6. The van der Waals surface area contributed by atoms with Crippen LogP contribution < -0.4 is 5.32 Å². The topological polar surface area (TPSA) is 79.4 Å². The van der Waals surface area contributed by atoms with Gasteiger partial charge in [0.2, 0.25) is 0 Å². The van der Waals surface area contributed by atoms with Crippen LogP contribution in [0.5, 0.6) is 0 Å². The number of carbonyl (C=O) groups is 1. The summed E-state index contributed by atoms with van der Waals surface area (Å²) in [5.41, 5.74) is 0. The molecule has 0 spiro atoms. The van der Waals surface area contributed by atoms with Crippen LogP contribution in [0.15, 0.2) is 11.6 Å². The number of nitrogens with zero attached hydrogens (tertiary/aromatic N) is 2. The molecule has 2 rings (SSSR count). The van der Waals surface area contributed by atoms with Crippen molar-refractivity contribution in [3.63, 3.8) is 0 Å². The van der Waals surface area contributed by atoms with Gasteiger partial charge in [-0.25, -0.2) is 18.2 Å². The van der Waals surface area contributed by atoms with Crippen molar-refractivity contribution in [1.29, 1.82) is 0 Å². The Morgan fingerprint density at radius 3 is 3.05 bits per heavy atom. The van der Waals surface area contributed by atoms with Gasteiger partial charge in [0.15, 0.2) is 0 Å². The minimum atomic E-state index is -2.99. The minimum absolute atomic E-state index is 0.0457. The van der Waals surface area contributed by atoms with Crippen molar-refractivity contribution >= 4 is 27.2 Å². The Kier molecular flexibility index (Phi) is 4.98. The molecule has 1 aliphatic heterocycles. The molecule has 112 valence electrons.